The van der Waals surface area contributed by atoms with Crippen LogP contribution in [0.25, 0.3) is 0 Å². The third kappa shape index (κ3) is 2.18. The molecular weight excluding hydrogens is 188 g/mol. The maximum atomic E-state index is 6.22. The predicted molar refractivity (Wildman–Crippen MR) is 62.7 cm³/mol. The highest BCUT2D eigenvalue weighted by Gasteiger charge is 2.36. The molecule has 2 aliphatic rings. The van der Waals surface area contributed by atoms with Crippen molar-refractivity contribution < 1.29 is 4.43 Å². The minimum absolute atomic E-state index is 0.493. The summed E-state index contributed by atoms with van der Waals surface area (Å²) in [6, 6.07) is 0. The molecule has 3 atom stereocenters. The molecule has 0 aromatic heterocycles. The lowest BCUT2D eigenvalue weighted by Crippen LogP contribution is -2.34. The van der Waals surface area contributed by atoms with Crippen molar-refractivity contribution in [2.45, 2.75) is 38.6 Å². The summed E-state index contributed by atoms with van der Waals surface area (Å²) in [5.41, 5.74) is 0. The van der Waals surface area contributed by atoms with E-state index in [1.165, 1.54) is 12.8 Å². The van der Waals surface area contributed by atoms with Crippen LogP contribution >= 0.6 is 0 Å². The van der Waals surface area contributed by atoms with Crippen LogP contribution < -0.4 is 0 Å². The maximum absolute atomic E-state index is 6.22. The van der Waals surface area contributed by atoms with Gasteiger partial charge in [0, 0.05) is 5.92 Å². The van der Waals surface area contributed by atoms with E-state index in [4.69, 9.17) is 4.43 Å². The average Bonchev–Trinajstić information content (AvgIpc) is 2.47. The van der Waals surface area contributed by atoms with Gasteiger partial charge in [-0.1, -0.05) is 24.3 Å². The summed E-state index contributed by atoms with van der Waals surface area (Å²) in [4.78, 5) is 0. The molecule has 2 rings (SSSR count). The van der Waals surface area contributed by atoms with E-state index in [0.29, 0.717) is 12.0 Å². The van der Waals surface area contributed by atoms with Crippen molar-refractivity contribution in [3.8, 4) is 0 Å². The third-order valence-electron chi connectivity index (χ3n) is 3.02. The first-order valence-corrected chi connectivity index (χ1v) is 9.00. The second-order valence-electron chi connectivity index (χ2n) is 5.36. The zero-order valence-corrected chi connectivity index (χ0v) is 10.4. The zero-order chi connectivity index (χ0) is 10.2. The Morgan fingerprint density at radius 1 is 1.07 bits per heavy atom. The molecule has 0 saturated heterocycles. The molecule has 14 heavy (non-hydrogen) atoms. The van der Waals surface area contributed by atoms with E-state index in [2.05, 4.69) is 43.9 Å². The molecular formula is C12H20OSi. The molecule has 78 valence electrons. The highest BCUT2D eigenvalue weighted by atomic mass is 28.4. The first-order valence-electron chi connectivity index (χ1n) is 5.59. The van der Waals surface area contributed by atoms with Crippen LogP contribution in [0.3, 0.4) is 0 Å². The van der Waals surface area contributed by atoms with Gasteiger partial charge in [0.15, 0.2) is 8.32 Å². The van der Waals surface area contributed by atoms with E-state index >= 15 is 0 Å². The standard InChI is InChI=1S/C12H20OSi/c1-14(2,3)13-12-9-8-10-6-4-5-7-11(10)12/h4-7,10-12H,8-9H2,1-3H3. The SMILES string of the molecule is C[Si](C)(C)OC1CCC2C=CC=CC21. The fourth-order valence-corrected chi connectivity index (χ4v) is 3.68. The highest BCUT2D eigenvalue weighted by molar-refractivity contribution is 6.69. The molecule has 0 spiro atoms. The van der Waals surface area contributed by atoms with Gasteiger partial charge >= 0.3 is 0 Å². The number of rotatable bonds is 2. The van der Waals surface area contributed by atoms with Gasteiger partial charge in [-0.05, 0) is 38.4 Å². The van der Waals surface area contributed by atoms with Crippen LogP contribution in [0.4, 0.5) is 0 Å². The van der Waals surface area contributed by atoms with Crippen LogP contribution in [-0.2, 0) is 4.43 Å². The van der Waals surface area contributed by atoms with Crippen molar-refractivity contribution in [3.63, 3.8) is 0 Å². The number of hydrogen-bond acceptors (Lipinski definition) is 1. The van der Waals surface area contributed by atoms with Gasteiger partial charge in [0.25, 0.3) is 0 Å². The number of hydrogen-bond donors (Lipinski definition) is 0. The van der Waals surface area contributed by atoms with E-state index in [0.717, 1.165) is 5.92 Å². The molecule has 2 aliphatic carbocycles. The van der Waals surface area contributed by atoms with Gasteiger partial charge in [0.05, 0.1) is 6.10 Å². The molecule has 0 amide bonds. The fourth-order valence-electron chi connectivity index (χ4n) is 2.50. The molecule has 2 heteroatoms. The summed E-state index contributed by atoms with van der Waals surface area (Å²) in [6.07, 6.45) is 12.1. The van der Waals surface area contributed by atoms with Gasteiger partial charge in [0.1, 0.15) is 0 Å². The molecule has 3 unspecified atom stereocenters. The van der Waals surface area contributed by atoms with Gasteiger partial charge < -0.3 is 4.43 Å². The van der Waals surface area contributed by atoms with E-state index in [1.54, 1.807) is 0 Å². The van der Waals surface area contributed by atoms with Gasteiger partial charge in [-0.15, -0.1) is 0 Å². The summed E-state index contributed by atoms with van der Waals surface area (Å²) < 4.78 is 6.22. The number of fused-ring (bicyclic) bond motifs is 1. The van der Waals surface area contributed by atoms with Crippen LogP contribution in [-0.4, -0.2) is 14.4 Å². The second-order valence-corrected chi connectivity index (χ2v) is 9.82. The van der Waals surface area contributed by atoms with E-state index in [9.17, 15) is 0 Å². The smallest absolute Gasteiger partial charge is 0.184 e. The molecule has 0 N–H and O–H groups in total. The van der Waals surface area contributed by atoms with Crippen molar-refractivity contribution >= 4 is 8.32 Å². The van der Waals surface area contributed by atoms with Gasteiger partial charge in [-0.3, -0.25) is 0 Å². The number of allylic oxidation sites excluding steroid dienone is 3. The lowest BCUT2D eigenvalue weighted by Gasteiger charge is -2.28. The van der Waals surface area contributed by atoms with Gasteiger partial charge in [-0.25, -0.2) is 0 Å². The van der Waals surface area contributed by atoms with Crippen molar-refractivity contribution in [2.24, 2.45) is 11.8 Å². The molecule has 0 aromatic carbocycles. The van der Waals surface area contributed by atoms with Crippen LogP contribution in [0.1, 0.15) is 12.8 Å². The van der Waals surface area contributed by atoms with Crippen molar-refractivity contribution in [3.05, 3.63) is 24.3 Å². The highest BCUT2D eigenvalue weighted by Crippen LogP contribution is 2.38. The Balaban J connectivity index is 2.02. The Kier molecular flexibility index (Phi) is 2.67. The van der Waals surface area contributed by atoms with Crippen LogP contribution in [0, 0.1) is 11.8 Å². The van der Waals surface area contributed by atoms with E-state index in [1.807, 2.05) is 0 Å². The largest absolute Gasteiger partial charge is 0.414 e. The second kappa shape index (κ2) is 3.67. The van der Waals surface area contributed by atoms with Gasteiger partial charge in [0.2, 0.25) is 0 Å². The third-order valence-corrected chi connectivity index (χ3v) is 4.03. The van der Waals surface area contributed by atoms with Gasteiger partial charge in [-0.2, -0.15) is 0 Å². The molecule has 1 fully saturated rings. The summed E-state index contributed by atoms with van der Waals surface area (Å²) in [5.74, 6) is 1.41. The summed E-state index contributed by atoms with van der Waals surface area (Å²) in [7, 11) is -1.36. The monoisotopic (exact) mass is 208 g/mol. The quantitative estimate of drug-likeness (QED) is 0.632. The minimum atomic E-state index is -1.36. The summed E-state index contributed by atoms with van der Waals surface area (Å²) >= 11 is 0. The molecule has 0 heterocycles. The predicted octanol–water partition coefficient (Wildman–Crippen LogP) is 3.36. The Morgan fingerprint density at radius 2 is 1.79 bits per heavy atom. The normalized spacial score (nSPS) is 36.1. The first kappa shape index (κ1) is 10.2. The fraction of sp³-hybridized carbons (Fsp3) is 0.667. The maximum Gasteiger partial charge on any atom is 0.184 e. The zero-order valence-electron chi connectivity index (χ0n) is 9.36. The molecule has 0 bridgehead atoms. The average molecular weight is 208 g/mol. The topological polar surface area (TPSA) is 9.23 Å². The lowest BCUT2D eigenvalue weighted by molar-refractivity contribution is 0.165. The minimum Gasteiger partial charge on any atom is -0.414 e. The lowest BCUT2D eigenvalue weighted by atomic mass is 9.91. The van der Waals surface area contributed by atoms with E-state index in [-0.39, 0.29) is 0 Å². The van der Waals surface area contributed by atoms with Crippen molar-refractivity contribution in [2.75, 3.05) is 0 Å². The molecule has 0 radical (unpaired) electrons. The first-order chi connectivity index (χ1) is 6.56. The summed E-state index contributed by atoms with van der Waals surface area (Å²) in [5, 5.41) is 0. The van der Waals surface area contributed by atoms with E-state index < -0.39 is 8.32 Å². The Morgan fingerprint density at radius 3 is 2.50 bits per heavy atom. The molecule has 1 saturated carbocycles. The van der Waals surface area contributed by atoms with Crippen LogP contribution in [0.2, 0.25) is 19.6 Å². The molecule has 0 aromatic rings. The Labute approximate surface area is 88.0 Å². The van der Waals surface area contributed by atoms with Crippen LogP contribution in [0.15, 0.2) is 24.3 Å². The van der Waals surface area contributed by atoms with Crippen LogP contribution in [0.5, 0.6) is 0 Å². The Bertz CT molecular complexity index is 262. The molecule has 0 aliphatic heterocycles. The summed E-state index contributed by atoms with van der Waals surface area (Å²) in [6.45, 7) is 6.84. The Hall–Kier alpha value is -0.343. The molecule has 1 nitrogen and oxygen atoms in total. The van der Waals surface area contributed by atoms with Crippen molar-refractivity contribution in [1.29, 1.82) is 0 Å². The van der Waals surface area contributed by atoms with Crippen molar-refractivity contribution in [1.82, 2.24) is 0 Å².